The van der Waals surface area contributed by atoms with E-state index in [0.29, 0.717) is 30.9 Å². The van der Waals surface area contributed by atoms with E-state index in [4.69, 9.17) is 11.5 Å². The molecule has 0 fully saturated rings. The van der Waals surface area contributed by atoms with Gasteiger partial charge in [-0.05, 0) is 19.0 Å². The lowest BCUT2D eigenvalue weighted by Crippen LogP contribution is -2.09. The highest BCUT2D eigenvalue weighted by molar-refractivity contribution is 5.39. The minimum atomic E-state index is -0.247. The van der Waals surface area contributed by atoms with Crippen LogP contribution in [0.2, 0.25) is 0 Å². The number of nitrogens with two attached hydrogens (primary N) is 2. The summed E-state index contributed by atoms with van der Waals surface area (Å²) in [5, 5.41) is 4.14. The van der Waals surface area contributed by atoms with Crippen molar-refractivity contribution in [3.05, 3.63) is 47.4 Å². The molecule has 0 spiro atoms. The zero-order valence-electron chi connectivity index (χ0n) is 9.44. The number of aromatic nitrogens is 2. The Kier molecular flexibility index (Phi) is 3.39. The topological polar surface area (TPSA) is 69.9 Å². The van der Waals surface area contributed by atoms with E-state index in [0.717, 1.165) is 5.56 Å². The van der Waals surface area contributed by atoms with Crippen LogP contribution in [-0.2, 0) is 13.0 Å². The largest absolute Gasteiger partial charge is 0.384 e. The zero-order valence-corrected chi connectivity index (χ0v) is 9.44. The van der Waals surface area contributed by atoms with E-state index < -0.39 is 0 Å². The van der Waals surface area contributed by atoms with Crippen LogP contribution < -0.4 is 11.5 Å². The summed E-state index contributed by atoms with van der Waals surface area (Å²) in [6, 6.07) is 6.60. The highest BCUT2D eigenvalue weighted by Gasteiger charge is 2.08. The van der Waals surface area contributed by atoms with Gasteiger partial charge in [0.1, 0.15) is 11.6 Å². The molecule has 0 atom stereocenters. The zero-order chi connectivity index (χ0) is 12.3. The SMILES string of the molecule is NCCc1cnn(Cc2ccccc2F)c1N. The van der Waals surface area contributed by atoms with Crippen molar-refractivity contribution < 1.29 is 4.39 Å². The molecule has 90 valence electrons. The normalized spacial score (nSPS) is 10.7. The van der Waals surface area contributed by atoms with Crippen LogP contribution in [0.25, 0.3) is 0 Å². The van der Waals surface area contributed by atoms with Crippen LogP contribution in [0.4, 0.5) is 10.2 Å². The van der Waals surface area contributed by atoms with Crippen LogP contribution in [0.1, 0.15) is 11.1 Å². The first-order valence-corrected chi connectivity index (χ1v) is 5.46. The third kappa shape index (κ3) is 2.45. The quantitative estimate of drug-likeness (QED) is 0.833. The van der Waals surface area contributed by atoms with E-state index in [1.54, 1.807) is 29.1 Å². The van der Waals surface area contributed by atoms with Gasteiger partial charge in [0.2, 0.25) is 0 Å². The van der Waals surface area contributed by atoms with Gasteiger partial charge < -0.3 is 11.5 Å². The van der Waals surface area contributed by atoms with E-state index in [9.17, 15) is 4.39 Å². The second kappa shape index (κ2) is 4.97. The fourth-order valence-corrected chi connectivity index (χ4v) is 1.70. The van der Waals surface area contributed by atoms with Gasteiger partial charge in [-0.1, -0.05) is 18.2 Å². The first-order chi connectivity index (χ1) is 8.22. The minimum absolute atomic E-state index is 0.247. The molecule has 5 heteroatoms. The van der Waals surface area contributed by atoms with E-state index in [2.05, 4.69) is 5.10 Å². The number of halogens is 1. The average Bonchev–Trinajstić information content (AvgIpc) is 2.65. The third-order valence-corrected chi connectivity index (χ3v) is 2.65. The molecule has 0 amide bonds. The van der Waals surface area contributed by atoms with Gasteiger partial charge in [-0.2, -0.15) is 5.10 Å². The monoisotopic (exact) mass is 234 g/mol. The van der Waals surface area contributed by atoms with Crippen molar-refractivity contribution in [2.24, 2.45) is 5.73 Å². The van der Waals surface area contributed by atoms with Crippen molar-refractivity contribution in [2.75, 3.05) is 12.3 Å². The molecule has 4 N–H and O–H groups in total. The highest BCUT2D eigenvalue weighted by atomic mass is 19.1. The molecule has 1 heterocycles. The number of hydrogen-bond donors (Lipinski definition) is 2. The predicted molar refractivity (Wildman–Crippen MR) is 64.9 cm³/mol. The number of hydrogen-bond acceptors (Lipinski definition) is 3. The molecule has 0 bridgehead atoms. The standard InChI is InChI=1S/C12H15FN4/c13-11-4-2-1-3-10(11)8-17-12(15)9(5-6-14)7-16-17/h1-4,7H,5-6,8,14-15H2. The third-order valence-electron chi connectivity index (χ3n) is 2.65. The summed E-state index contributed by atoms with van der Waals surface area (Å²) in [5.41, 5.74) is 12.8. The lowest BCUT2D eigenvalue weighted by Gasteiger charge is -2.06. The van der Waals surface area contributed by atoms with Gasteiger partial charge >= 0.3 is 0 Å². The number of nitrogens with zero attached hydrogens (tertiary/aromatic N) is 2. The van der Waals surface area contributed by atoms with Crippen molar-refractivity contribution >= 4 is 5.82 Å². The van der Waals surface area contributed by atoms with Crippen LogP contribution in [-0.4, -0.2) is 16.3 Å². The average molecular weight is 234 g/mol. The van der Waals surface area contributed by atoms with Gasteiger partial charge in [-0.25, -0.2) is 9.07 Å². The van der Waals surface area contributed by atoms with Crippen molar-refractivity contribution in [1.29, 1.82) is 0 Å². The van der Waals surface area contributed by atoms with Gasteiger partial charge in [0.25, 0.3) is 0 Å². The summed E-state index contributed by atoms with van der Waals surface area (Å²) < 4.78 is 15.0. The molecular formula is C12H15FN4. The Hall–Kier alpha value is -1.88. The molecule has 0 saturated carbocycles. The molecular weight excluding hydrogens is 219 g/mol. The summed E-state index contributed by atoms with van der Waals surface area (Å²) in [4.78, 5) is 0. The maximum atomic E-state index is 13.5. The van der Waals surface area contributed by atoms with Crippen molar-refractivity contribution in [3.63, 3.8) is 0 Å². The first-order valence-electron chi connectivity index (χ1n) is 5.46. The van der Waals surface area contributed by atoms with Crippen LogP contribution in [0, 0.1) is 5.82 Å². The molecule has 2 rings (SSSR count). The summed E-state index contributed by atoms with van der Waals surface area (Å²) in [7, 11) is 0. The molecule has 1 aromatic carbocycles. The summed E-state index contributed by atoms with van der Waals surface area (Å²) in [5.74, 6) is 0.307. The van der Waals surface area contributed by atoms with E-state index in [-0.39, 0.29) is 5.82 Å². The van der Waals surface area contributed by atoms with Crippen LogP contribution in [0.3, 0.4) is 0 Å². The fourth-order valence-electron chi connectivity index (χ4n) is 1.70. The Morgan fingerprint density at radius 3 is 2.71 bits per heavy atom. The van der Waals surface area contributed by atoms with Gasteiger partial charge in [0, 0.05) is 11.1 Å². The molecule has 0 unspecified atom stereocenters. The molecule has 0 aliphatic carbocycles. The second-order valence-electron chi connectivity index (χ2n) is 3.84. The lowest BCUT2D eigenvalue weighted by atomic mass is 10.2. The van der Waals surface area contributed by atoms with E-state index >= 15 is 0 Å². The molecule has 0 aliphatic rings. The van der Waals surface area contributed by atoms with Crippen molar-refractivity contribution in [2.45, 2.75) is 13.0 Å². The number of benzene rings is 1. The highest BCUT2D eigenvalue weighted by Crippen LogP contribution is 2.15. The summed E-state index contributed by atoms with van der Waals surface area (Å²) in [6.45, 7) is 0.860. The molecule has 17 heavy (non-hydrogen) atoms. The fraction of sp³-hybridized carbons (Fsp3) is 0.250. The molecule has 4 nitrogen and oxygen atoms in total. The van der Waals surface area contributed by atoms with Gasteiger partial charge in [0.05, 0.1) is 12.7 Å². The first kappa shape index (κ1) is 11.6. The molecule has 0 aliphatic heterocycles. The van der Waals surface area contributed by atoms with Crippen LogP contribution in [0.5, 0.6) is 0 Å². The second-order valence-corrected chi connectivity index (χ2v) is 3.84. The maximum absolute atomic E-state index is 13.5. The van der Waals surface area contributed by atoms with Gasteiger partial charge in [0.15, 0.2) is 0 Å². The van der Waals surface area contributed by atoms with Crippen molar-refractivity contribution in [3.8, 4) is 0 Å². The smallest absolute Gasteiger partial charge is 0.128 e. The van der Waals surface area contributed by atoms with E-state index in [1.807, 2.05) is 0 Å². The van der Waals surface area contributed by atoms with Gasteiger partial charge in [-0.15, -0.1) is 0 Å². The Morgan fingerprint density at radius 2 is 2.00 bits per heavy atom. The summed E-state index contributed by atoms with van der Waals surface area (Å²) in [6.07, 6.45) is 2.37. The number of nitrogen functional groups attached to an aromatic ring is 1. The Bertz CT molecular complexity index is 507. The molecule has 1 aromatic heterocycles. The van der Waals surface area contributed by atoms with Gasteiger partial charge in [-0.3, -0.25) is 0 Å². The molecule has 0 saturated heterocycles. The summed E-state index contributed by atoms with van der Waals surface area (Å²) >= 11 is 0. The Morgan fingerprint density at radius 1 is 1.24 bits per heavy atom. The van der Waals surface area contributed by atoms with E-state index in [1.165, 1.54) is 6.07 Å². The van der Waals surface area contributed by atoms with Crippen LogP contribution in [0.15, 0.2) is 30.5 Å². The number of anilines is 1. The maximum Gasteiger partial charge on any atom is 0.128 e. The molecule has 2 aromatic rings. The Labute approximate surface area is 99.0 Å². The predicted octanol–water partition coefficient (Wildman–Crippen LogP) is 1.15. The lowest BCUT2D eigenvalue weighted by molar-refractivity contribution is 0.587. The van der Waals surface area contributed by atoms with Crippen LogP contribution >= 0.6 is 0 Å². The Balaban J connectivity index is 2.22. The molecule has 0 radical (unpaired) electrons. The number of rotatable bonds is 4. The van der Waals surface area contributed by atoms with Crippen molar-refractivity contribution in [1.82, 2.24) is 9.78 Å². The minimum Gasteiger partial charge on any atom is -0.384 e.